The van der Waals surface area contributed by atoms with E-state index in [2.05, 4.69) is 15.7 Å². The molecular weight excluding hydrogens is 400 g/mol. The third kappa shape index (κ3) is 3.89. The predicted molar refractivity (Wildman–Crippen MR) is 115 cm³/mol. The van der Waals surface area contributed by atoms with Crippen LogP contribution < -0.4 is 24.8 Å². The largest absolute Gasteiger partial charge is 0.497 e. The fraction of sp³-hybridized carbons (Fsp3) is 0.227. The number of nitrogens with one attached hydrogen (secondary N) is 2. The SMILES string of the molecule is COc1ccc(NC(=O)C2CC(=O)Nc3c(-c4ccc(OC)c(OC)c4)cnn32)cc1. The molecule has 0 spiro atoms. The highest BCUT2D eigenvalue weighted by Crippen LogP contribution is 2.38. The summed E-state index contributed by atoms with van der Waals surface area (Å²) in [6.45, 7) is 0. The average Bonchev–Trinajstić information content (AvgIpc) is 3.22. The predicted octanol–water partition coefficient (Wildman–Crippen LogP) is 3.10. The summed E-state index contributed by atoms with van der Waals surface area (Å²) in [6, 6.07) is 11.6. The highest BCUT2D eigenvalue weighted by atomic mass is 16.5. The second-order valence-corrected chi connectivity index (χ2v) is 6.91. The number of aromatic nitrogens is 2. The maximum Gasteiger partial charge on any atom is 0.249 e. The first kappa shape index (κ1) is 20.3. The molecule has 0 aliphatic carbocycles. The van der Waals surface area contributed by atoms with Crippen LogP contribution in [0.25, 0.3) is 11.1 Å². The van der Waals surface area contributed by atoms with E-state index in [1.807, 2.05) is 6.07 Å². The third-order valence-electron chi connectivity index (χ3n) is 5.08. The van der Waals surface area contributed by atoms with Gasteiger partial charge in [0, 0.05) is 11.3 Å². The van der Waals surface area contributed by atoms with E-state index in [0.717, 1.165) is 5.56 Å². The number of hydrogen-bond acceptors (Lipinski definition) is 6. The summed E-state index contributed by atoms with van der Waals surface area (Å²) in [7, 11) is 4.69. The van der Waals surface area contributed by atoms with Crippen molar-refractivity contribution in [1.82, 2.24) is 9.78 Å². The van der Waals surface area contributed by atoms with Crippen LogP contribution in [0.1, 0.15) is 12.5 Å². The van der Waals surface area contributed by atoms with E-state index in [1.54, 1.807) is 63.9 Å². The van der Waals surface area contributed by atoms with Gasteiger partial charge in [-0.3, -0.25) is 9.59 Å². The van der Waals surface area contributed by atoms with Crippen LogP contribution in [-0.4, -0.2) is 42.9 Å². The number of amides is 2. The van der Waals surface area contributed by atoms with Crippen LogP contribution in [0.2, 0.25) is 0 Å². The van der Waals surface area contributed by atoms with Gasteiger partial charge in [-0.25, -0.2) is 4.68 Å². The Labute approximate surface area is 178 Å². The van der Waals surface area contributed by atoms with Gasteiger partial charge in [-0.15, -0.1) is 0 Å². The fourth-order valence-electron chi connectivity index (χ4n) is 3.49. The van der Waals surface area contributed by atoms with Gasteiger partial charge in [0.1, 0.15) is 17.6 Å². The van der Waals surface area contributed by atoms with Crippen LogP contribution in [0.3, 0.4) is 0 Å². The van der Waals surface area contributed by atoms with Crippen molar-refractivity contribution in [2.24, 2.45) is 0 Å². The first-order valence-electron chi connectivity index (χ1n) is 9.58. The van der Waals surface area contributed by atoms with Crippen LogP contribution in [-0.2, 0) is 9.59 Å². The lowest BCUT2D eigenvalue weighted by Crippen LogP contribution is -2.35. The zero-order chi connectivity index (χ0) is 22.0. The van der Waals surface area contributed by atoms with Gasteiger partial charge in [-0.1, -0.05) is 6.07 Å². The van der Waals surface area contributed by atoms with Gasteiger partial charge in [-0.05, 0) is 42.0 Å². The Morgan fingerprint density at radius 3 is 2.48 bits per heavy atom. The van der Waals surface area contributed by atoms with Gasteiger partial charge in [0.2, 0.25) is 11.8 Å². The third-order valence-corrected chi connectivity index (χ3v) is 5.08. The molecule has 2 heterocycles. The summed E-state index contributed by atoms with van der Waals surface area (Å²) in [4.78, 5) is 25.3. The Balaban J connectivity index is 1.64. The van der Waals surface area contributed by atoms with Crippen LogP contribution in [0.15, 0.2) is 48.7 Å². The molecule has 4 rings (SSSR count). The minimum absolute atomic E-state index is 0.0119. The number of benzene rings is 2. The topological polar surface area (TPSA) is 104 Å². The lowest BCUT2D eigenvalue weighted by Gasteiger charge is -2.24. The van der Waals surface area contributed by atoms with Crippen molar-refractivity contribution in [1.29, 1.82) is 0 Å². The lowest BCUT2D eigenvalue weighted by molar-refractivity contribution is -0.125. The Kier molecular flexibility index (Phi) is 5.48. The summed E-state index contributed by atoms with van der Waals surface area (Å²) < 4.78 is 17.3. The zero-order valence-electron chi connectivity index (χ0n) is 17.3. The van der Waals surface area contributed by atoms with Crippen molar-refractivity contribution in [3.05, 3.63) is 48.7 Å². The second-order valence-electron chi connectivity index (χ2n) is 6.91. The summed E-state index contributed by atoms with van der Waals surface area (Å²) in [5, 5.41) is 10.1. The molecule has 3 aromatic rings. The molecule has 0 saturated heterocycles. The highest BCUT2D eigenvalue weighted by Gasteiger charge is 2.33. The molecule has 1 aromatic heterocycles. The number of carbonyl (C=O) groups excluding carboxylic acids is 2. The molecule has 1 aliphatic heterocycles. The number of rotatable bonds is 6. The van der Waals surface area contributed by atoms with Crippen LogP contribution in [0.5, 0.6) is 17.2 Å². The maximum absolute atomic E-state index is 12.9. The first-order chi connectivity index (χ1) is 15.0. The van der Waals surface area contributed by atoms with Gasteiger partial charge >= 0.3 is 0 Å². The lowest BCUT2D eigenvalue weighted by atomic mass is 10.1. The molecule has 160 valence electrons. The number of fused-ring (bicyclic) bond motifs is 1. The number of ether oxygens (including phenoxy) is 3. The van der Waals surface area contributed by atoms with Crippen molar-refractivity contribution >= 4 is 23.3 Å². The zero-order valence-corrected chi connectivity index (χ0v) is 17.3. The van der Waals surface area contributed by atoms with Crippen LogP contribution in [0.4, 0.5) is 11.5 Å². The molecule has 9 nitrogen and oxygen atoms in total. The summed E-state index contributed by atoms with van der Waals surface area (Å²) in [5.41, 5.74) is 2.05. The number of anilines is 2. The highest BCUT2D eigenvalue weighted by molar-refractivity contribution is 6.03. The fourth-order valence-corrected chi connectivity index (χ4v) is 3.49. The standard InChI is InChI=1S/C22H22N4O5/c1-29-15-7-5-14(6-8-15)24-22(28)17-11-20(27)25-21-16(12-23-26(17)21)13-4-9-18(30-2)19(10-13)31-3/h4-10,12,17H,11H2,1-3H3,(H,24,28)(H,25,27). The number of carbonyl (C=O) groups is 2. The van der Waals surface area contributed by atoms with Crippen molar-refractivity contribution in [2.75, 3.05) is 32.0 Å². The summed E-state index contributed by atoms with van der Waals surface area (Å²) >= 11 is 0. The molecule has 0 fully saturated rings. The molecule has 0 radical (unpaired) electrons. The van der Waals surface area contributed by atoms with E-state index in [4.69, 9.17) is 14.2 Å². The summed E-state index contributed by atoms with van der Waals surface area (Å²) in [5.74, 6) is 1.69. The molecule has 2 N–H and O–H groups in total. The van der Waals surface area contributed by atoms with Crippen molar-refractivity contribution in [3.8, 4) is 28.4 Å². The van der Waals surface area contributed by atoms with E-state index >= 15 is 0 Å². The van der Waals surface area contributed by atoms with E-state index in [-0.39, 0.29) is 18.2 Å². The minimum atomic E-state index is -0.778. The van der Waals surface area contributed by atoms with Crippen LogP contribution >= 0.6 is 0 Å². The second kappa shape index (κ2) is 8.39. The van der Waals surface area contributed by atoms with Crippen molar-refractivity contribution < 1.29 is 23.8 Å². The average molecular weight is 422 g/mol. The monoisotopic (exact) mass is 422 g/mol. The molecule has 2 aromatic carbocycles. The molecule has 31 heavy (non-hydrogen) atoms. The smallest absolute Gasteiger partial charge is 0.249 e. The molecule has 0 saturated carbocycles. The molecule has 1 atom stereocenters. The van der Waals surface area contributed by atoms with Gasteiger partial charge in [0.15, 0.2) is 11.5 Å². The van der Waals surface area contributed by atoms with Gasteiger partial charge in [0.05, 0.1) is 33.9 Å². The van der Waals surface area contributed by atoms with Crippen molar-refractivity contribution in [3.63, 3.8) is 0 Å². The quantitative estimate of drug-likeness (QED) is 0.633. The molecule has 1 aliphatic rings. The molecule has 2 amide bonds. The van der Waals surface area contributed by atoms with Gasteiger partial charge < -0.3 is 24.8 Å². The molecule has 0 bridgehead atoms. The molecular formula is C22H22N4O5. The summed E-state index contributed by atoms with van der Waals surface area (Å²) in [6.07, 6.45) is 1.61. The number of hydrogen-bond donors (Lipinski definition) is 2. The Hall–Kier alpha value is -4.01. The number of methoxy groups -OCH3 is 3. The van der Waals surface area contributed by atoms with Crippen molar-refractivity contribution in [2.45, 2.75) is 12.5 Å². The van der Waals surface area contributed by atoms with Gasteiger partial charge in [-0.2, -0.15) is 5.10 Å². The van der Waals surface area contributed by atoms with E-state index in [1.165, 1.54) is 4.68 Å². The Bertz CT molecular complexity index is 1120. The normalized spacial score (nSPS) is 14.9. The number of nitrogens with zero attached hydrogens (tertiary/aromatic N) is 2. The minimum Gasteiger partial charge on any atom is -0.497 e. The van der Waals surface area contributed by atoms with E-state index in [0.29, 0.717) is 34.3 Å². The molecule has 1 unspecified atom stereocenters. The molecule has 9 heteroatoms. The van der Waals surface area contributed by atoms with E-state index in [9.17, 15) is 9.59 Å². The van der Waals surface area contributed by atoms with Gasteiger partial charge in [0.25, 0.3) is 0 Å². The van der Waals surface area contributed by atoms with Crippen LogP contribution in [0, 0.1) is 0 Å². The van der Waals surface area contributed by atoms with E-state index < -0.39 is 6.04 Å². The Morgan fingerprint density at radius 1 is 1.06 bits per heavy atom. The first-order valence-corrected chi connectivity index (χ1v) is 9.58. The maximum atomic E-state index is 12.9. The Morgan fingerprint density at radius 2 is 1.81 bits per heavy atom.